The molecule has 3 aromatic carbocycles. The number of rotatable bonds is 4. The quantitative estimate of drug-likeness (QED) is 0.137. The summed E-state index contributed by atoms with van der Waals surface area (Å²) in [5, 5.41) is 0. The van der Waals surface area contributed by atoms with E-state index in [2.05, 4.69) is 0 Å². The van der Waals surface area contributed by atoms with E-state index in [0.717, 1.165) is 0 Å². The summed E-state index contributed by atoms with van der Waals surface area (Å²) < 4.78 is 147. The van der Waals surface area contributed by atoms with E-state index < -0.39 is 104 Å². The highest BCUT2D eigenvalue weighted by molar-refractivity contribution is 6.86. The Morgan fingerprint density at radius 3 is 1.38 bits per heavy atom. The van der Waals surface area contributed by atoms with Crippen molar-refractivity contribution < 1.29 is 43.9 Å². The summed E-state index contributed by atoms with van der Waals surface area (Å²) in [4.78, 5) is 0. The summed E-state index contributed by atoms with van der Waals surface area (Å²) in [7, 11) is 0. The second-order valence-corrected chi connectivity index (χ2v) is 11.2. The van der Waals surface area contributed by atoms with Gasteiger partial charge in [-0.2, -0.15) is 16.7 Å². The molecule has 2 fully saturated rings. The lowest BCUT2D eigenvalue weighted by atomic mass is 9.28. The lowest BCUT2D eigenvalue weighted by Crippen LogP contribution is -2.56. The largest absolute Gasteiger partial charge is 0.207 e. The highest BCUT2D eigenvalue weighted by Gasteiger charge is 2.64. The van der Waals surface area contributed by atoms with Gasteiger partial charge in [0.15, 0.2) is 34.9 Å². The van der Waals surface area contributed by atoms with Gasteiger partial charge in [-0.1, -0.05) is 63.4 Å². The van der Waals surface area contributed by atoms with Crippen LogP contribution in [0, 0.1) is 74.9 Å². The normalized spacial score (nSPS) is 25.6. The summed E-state index contributed by atoms with van der Waals surface area (Å²) in [5.74, 6) is -26.9. The van der Waals surface area contributed by atoms with Crippen LogP contribution in [0.25, 0.3) is 0 Å². The fourth-order valence-electron chi connectivity index (χ4n) is 7.44. The van der Waals surface area contributed by atoms with E-state index in [-0.39, 0.29) is 0 Å². The van der Waals surface area contributed by atoms with Crippen molar-refractivity contribution in [2.45, 2.75) is 45.3 Å². The zero-order chi connectivity index (χ0) is 28.8. The molecule has 0 saturated heterocycles. The molecule has 39 heavy (non-hydrogen) atoms. The Bertz CT molecular complexity index is 1360. The molecule has 2 bridgehead atoms. The maximum atomic E-state index is 15.4. The van der Waals surface area contributed by atoms with Gasteiger partial charge in [0, 0.05) is 0 Å². The monoisotopic (exact) mass is 558 g/mol. The van der Waals surface area contributed by atoms with Crippen LogP contribution in [0.5, 0.6) is 0 Å². The third-order valence-electron chi connectivity index (χ3n) is 9.56. The van der Waals surface area contributed by atoms with Gasteiger partial charge in [0.25, 0.3) is 0 Å². The Labute approximate surface area is 218 Å². The van der Waals surface area contributed by atoms with Gasteiger partial charge in [-0.15, -0.1) is 0 Å². The molecule has 0 aliphatic heterocycles. The average molecular weight is 558 g/mol. The molecule has 0 aromatic heterocycles. The van der Waals surface area contributed by atoms with Crippen molar-refractivity contribution >= 4 is 17.6 Å². The van der Waals surface area contributed by atoms with Crippen molar-refractivity contribution in [3.63, 3.8) is 0 Å². The number of fused-ring (bicyclic) bond motifs is 2. The van der Waals surface area contributed by atoms with E-state index in [1.807, 2.05) is 20.8 Å². The van der Waals surface area contributed by atoms with Crippen LogP contribution >= 0.6 is 0 Å². The van der Waals surface area contributed by atoms with Crippen LogP contribution in [0.15, 0.2) is 30.3 Å². The van der Waals surface area contributed by atoms with Gasteiger partial charge in [0.1, 0.15) is 23.3 Å². The Kier molecular flexibility index (Phi) is 6.38. The maximum absolute atomic E-state index is 15.4. The van der Waals surface area contributed by atoms with Gasteiger partial charge in [-0.3, -0.25) is 0 Å². The Morgan fingerprint density at radius 1 is 0.590 bits per heavy atom. The second-order valence-electron chi connectivity index (χ2n) is 11.2. The number of hydrogen-bond donors (Lipinski definition) is 0. The van der Waals surface area contributed by atoms with Crippen molar-refractivity contribution in [3.8, 4) is 0 Å². The molecule has 4 atom stereocenters. The molecule has 2 unspecified atom stereocenters. The zero-order valence-corrected chi connectivity index (χ0v) is 20.9. The van der Waals surface area contributed by atoms with E-state index >= 15 is 17.6 Å². The highest BCUT2D eigenvalue weighted by Crippen LogP contribution is 2.75. The molecule has 0 heterocycles. The molecule has 5 rings (SSSR count). The predicted octanol–water partition coefficient (Wildman–Crippen LogP) is 7.30. The molecule has 2 aliphatic carbocycles. The summed E-state index contributed by atoms with van der Waals surface area (Å²) in [6.07, 6.45) is 0.875. The molecular weight excluding hydrogens is 537 g/mol. The fraction of sp³-hybridized carbons (Fsp3) is 0.357. The second kappa shape index (κ2) is 9.03. The van der Waals surface area contributed by atoms with Gasteiger partial charge >= 0.3 is 0 Å². The third-order valence-corrected chi connectivity index (χ3v) is 9.56. The van der Waals surface area contributed by atoms with E-state index in [9.17, 15) is 26.3 Å². The van der Waals surface area contributed by atoms with E-state index in [4.69, 9.17) is 0 Å². The van der Waals surface area contributed by atoms with Crippen LogP contribution in [-0.2, 0) is 0 Å². The fourth-order valence-corrected chi connectivity index (χ4v) is 7.44. The summed E-state index contributed by atoms with van der Waals surface area (Å²) in [5.41, 5.74) is -4.17. The van der Waals surface area contributed by atoms with Gasteiger partial charge in [-0.25, -0.2) is 43.9 Å². The summed E-state index contributed by atoms with van der Waals surface area (Å²) in [6, 6.07) is 8.24. The Morgan fingerprint density at radius 2 is 0.974 bits per heavy atom. The van der Waals surface area contributed by atoms with Crippen molar-refractivity contribution in [1.29, 1.82) is 0 Å². The molecule has 1 radical (unpaired) electrons. The first-order valence-electron chi connectivity index (χ1n) is 12.3. The van der Waals surface area contributed by atoms with E-state index in [0.29, 0.717) is 18.4 Å². The number of hydrogen-bond acceptors (Lipinski definition) is 0. The summed E-state index contributed by atoms with van der Waals surface area (Å²) >= 11 is 0. The van der Waals surface area contributed by atoms with Crippen LogP contribution in [0.3, 0.4) is 0 Å². The van der Waals surface area contributed by atoms with E-state index in [1.54, 1.807) is 30.3 Å². The minimum absolute atomic E-state index is 0.332. The maximum Gasteiger partial charge on any atom is 0.200 e. The van der Waals surface area contributed by atoms with Gasteiger partial charge in [-0.05, 0) is 35.4 Å². The minimum atomic E-state index is -2.51. The Balaban J connectivity index is 1.93. The first-order chi connectivity index (χ1) is 18.2. The number of halogens is 10. The van der Waals surface area contributed by atoms with Gasteiger partial charge < -0.3 is 0 Å². The smallest absolute Gasteiger partial charge is 0.200 e. The molecule has 0 nitrogen and oxygen atoms in total. The molecule has 0 N–H and O–H groups in total. The molecule has 2 saturated carbocycles. The third kappa shape index (κ3) is 3.53. The van der Waals surface area contributed by atoms with Gasteiger partial charge in [0.2, 0.25) is 0 Å². The predicted molar refractivity (Wildman–Crippen MR) is 125 cm³/mol. The van der Waals surface area contributed by atoms with Crippen molar-refractivity contribution in [1.82, 2.24) is 0 Å². The van der Waals surface area contributed by atoms with Crippen LogP contribution in [0.4, 0.5) is 43.9 Å². The van der Waals surface area contributed by atoms with Crippen LogP contribution in [0.2, 0.25) is 5.82 Å². The molecule has 0 spiro atoms. The van der Waals surface area contributed by atoms with Crippen LogP contribution in [-0.4, -0.2) is 6.71 Å². The van der Waals surface area contributed by atoms with Crippen LogP contribution in [0.1, 0.15) is 45.1 Å². The van der Waals surface area contributed by atoms with E-state index in [1.165, 1.54) is 0 Å². The molecule has 207 valence electrons. The zero-order valence-electron chi connectivity index (χ0n) is 20.9. The van der Waals surface area contributed by atoms with Crippen molar-refractivity contribution in [2.24, 2.45) is 16.7 Å². The topological polar surface area (TPSA) is 0 Å². The average Bonchev–Trinajstić information content (AvgIpc) is 3.25. The molecule has 2 aliphatic rings. The van der Waals surface area contributed by atoms with Crippen molar-refractivity contribution in [3.05, 3.63) is 94.1 Å². The SMILES string of the molecule is CC1(C)C2CCC1(C)[C@H](c1ccccc1)[C@H]2[B-](c1c(F)c(F)c(F)c(F)c1F)c1c(F)c(F)c(F)c(F)c1F. The standard InChI is InChI=1S/C28H21BF10/c1-27(2)12-9-10-28(27,3)13(11-7-5-4-6-8-11)14(12)29(15-17(30)21(34)25(38)22(35)18(15)31)16-19(32)23(36)26(39)24(37)20(16)33/h4-8,12-14H,9-10H2,1-3H3/q-1/t12?,13-,14+,28?/m1/s1. The minimum Gasteiger partial charge on any atom is -0.207 e. The molecule has 3 aromatic rings. The first-order valence-corrected chi connectivity index (χ1v) is 12.3. The Hall–Kier alpha value is -2.98. The molecular formula is C28H21BF10-. The van der Waals surface area contributed by atoms with Gasteiger partial charge in [0.05, 0.1) is 0 Å². The first kappa shape index (κ1) is 27.6. The lowest BCUT2D eigenvalue weighted by molar-refractivity contribution is 0.134. The van der Waals surface area contributed by atoms with Crippen molar-refractivity contribution in [2.75, 3.05) is 0 Å². The lowest BCUT2D eigenvalue weighted by Gasteiger charge is -2.48. The van der Waals surface area contributed by atoms with Crippen LogP contribution < -0.4 is 10.9 Å². The summed E-state index contributed by atoms with van der Waals surface area (Å²) in [6.45, 7) is 3.07. The molecule has 11 heteroatoms. The highest BCUT2D eigenvalue weighted by atomic mass is 19.2. The number of benzene rings is 3. The molecule has 0 amide bonds.